The average Bonchev–Trinajstić information content (AvgIpc) is 2.91. The maximum absolute atomic E-state index is 6.08. The van der Waals surface area contributed by atoms with Crippen LogP contribution in [0.5, 0.6) is 0 Å². The van der Waals surface area contributed by atoms with Gasteiger partial charge in [0.05, 0.1) is 0 Å². The lowest BCUT2D eigenvalue weighted by molar-refractivity contribution is 0.0359. The van der Waals surface area contributed by atoms with E-state index in [1.807, 2.05) is 18.5 Å². The van der Waals surface area contributed by atoms with Crippen LogP contribution < -0.4 is 0 Å². The lowest BCUT2D eigenvalue weighted by atomic mass is 9.84. The fourth-order valence-corrected chi connectivity index (χ4v) is 2.59. The van der Waals surface area contributed by atoms with E-state index in [0.717, 1.165) is 19.4 Å². The molecule has 2 heterocycles. The quantitative estimate of drug-likeness (QED) is 0.783. The van der Waals surface area contributed by atoms with Gasteiger partial charge in [-0.25, -0.2) is 0 Å². The molecule has 0 aliphatic carbocycles. The van der Waals surface area contributed by atoms with E-state index in [-0.39, 0.29) is 5.60 Å². The van der Waals surface area contributed by atoms with Gasteiger partial charge in [-0.05, 0) is 36.1 Å². The van der Waals surface area contributed by atoms with E-state index in [1.54, 1.807) is 0 Å². The summed E-state index contributed by atoms with van der Waals surface area (Å²) in [6.07, 6.45) is 5.82. The molecular weight excluding hydrogens is 210 g/mol. The number of rotatable bonds is 2. The summed E-state index contributed by atoms with van der Waals surface area (Å²) in [7, 11) is 0. The largest absolute Gasteiger partial charge is 0.366 e. The van der Waals surface area contributed by atoms with Gasteiger partial charge in [-0.2, -0.15) is 0 Å². The summed E-state index contributed by atoms with van der Waals surface area (Å²) < 4.78 is 6.08. The van der Waals surface area contributed by atoms with Gasteiger partial charge in [0.15, 0.2) is 0 Å². The normalized spacial score (nSPS) is 23.8. The Morgan fingerprint density at radius 3 is 2.29 bits per heavy atom. The minimum absolute atomic E-state index is 0.260. The second-order valence-corrected chi connectivity index (χ2v) is 4.38. The zero-order valence-electron chi connectivity index (χ0n) is 9.67. The number of pyridine rings is 1. The summed E-state index contributed by atoms with van der Waals surface area (Å²) in [6, 6.07) is 14.6. The highest BCUT2D eigenvalue weighted by atomic mass is 16.5. The van der Waals surface area contributed by atoms with Gasteiger partial charge in [0.1, 0.15) is 5.60 Å². The first-order chi connectivity index (χ1) is 8.42. The van der Waals surface area contributed by atoms with Crippen LogP contribution in [0.2, 0.25) is 0 Å². The predicted molar refractivity (Wildman–Crippen MR) is 66.6 cm³/mol. The van der Waals surface area contributed by atoms with Gasteiger partial charge in [0.2, 0.25) is 0 Å². The molecule has 1 fully saturated rings. The minimum atomic E-state index is -0.260. The van der Waals surface area contributed by atoms with Gasteiger partial charge in [-0.15, -0.1) is 0 Å². The van der Waals surface area contributed by atoms with Crippen molar-refractivity contribution in [2.24, 2.45) is 0 Å². The Morgan fingerprint density at radius 2 is 1.65 bits per heavy atom. The molecule has 17 heavy (non-hydrogen) atoms. The maximum Gasteiger partial charge on any atom is 0.118 e. The molecule has 0 saturated carbocycles. The van der Waals surface area contributed by atoms with Gasteiger partial charge in [-0.1, -0.05) is 30.3 Å². The summed E-state index contributed by atoms with van der Waals surface area (Å²) in [6.45, 7) is 0.831. The highest BCUT2D eigenvalue weighted by Gasteiger charge is 2.38. The predicted octanol–water partition coefficient (Wildman–Crippen LogP) is 3.14. The number of hydrogen-bond acceptors (Lipinski definition) is 2. The molecule has 1 unspecified atom stereocenters. The number of hydrogen-bond donors (Lipinski definition) is 0. The van der Waals surface area contributed by atoms with Crippen LogP contribution in [0.25, 0.3) is 0 Å². The van der Waals surface area contributed by atoms with Crippen LogP contribution in [0.3, 0.4) is 0 Å². The van der Waals surface area contributed by atoms with Crippen LogP contribution in [-0.4, -0.2) is 11.6 Å². The minimum Gasteiger partial charge on any atom is -0.366 e. The molecule has 1 aliphatic rings. The molecule has 0 bridgehead atoms. The summed E-state index contributed by atoms with van der Waals surface area (Å²) in [5, 5.41) is 0. The van der Waals surface area contributed by atoms with Crippen molar-refractivity contribution in [3.8, 4) is 0 Å². The fraction of sp³-hybridized carbons (Fsp3) is 0.267. The average molecular weight is 225 g/mol. The van der Waals surface area contributed by atoms with Crippen molar-refractivity contribution in [1.29, 1.82) is 0 Å². The smallest absolute Gasteiger partial charge is 0.118 e. The molecule has 3 rings (SSSR count). The van der Waals surface area contributed by atoms with Crippen LogP contribution in [0.4, 0.5) is 0 Å². The second kappa shape index (κ2) is 4.30. The Bertz CT molecular complexity index is 433. The third kappa shape index (κ3) is 1.75. The molecule has 2 aromatic rings. The Morgan fingerprint density at radius 1 is 0.941 bits per heavy atom. The first kappa shape index (κ1) is 10.5. The second-order valence-electron chi connectivity index (χ2n) is 4.38. The number of aromatic nitrogens is 1. The lowest BCUT2D eigenvalue weighted by Gasteiger charge is -2.29. The lowest BCUT2D eigenvalue weighted by Crippen LogP contribution is -2.26. The molecule has 1 aromatic carbocycles. The highest BCUT2D eigenvalue weighted by Crippen LogP contribution is 2.41. The molecule has 86 valence electrons. The molecule has 1 aliphatic heterocycles. The summed E-state index contributed by atoms with van der Waals surface area (Å²) >= 11 is 0. The molecule has 2 nitrogen and oxygen atoms in total. The van der Waals surface area contributed by atoms with Crippen molar-refractivity contribution in [1.82, 2.24) is 4.98 Å². The molecule has 1 saturated heterocycles. The zero-order valence-corrected chi connectivity index (χ0v) is 9.67. The van der Waals surface area contributed by atoms with E-state index < -0.39 is 0 Å². The number of ether oxygens (including phenoxy) is 1. The monoisotopic (exact) mass is 225 g/mol. The molecule has 2 heteroatoms. The van der Waals surface area contributed by atoms with Gasteiger partial charge in [-0.3, -0.25) is 4.98 Å². The molecular formula is C15H15NO. The number of benzene rings is 1. The van der Waals surface area contributed by atoms with Crippen molar-refractivity contribution >= 4 is 0 Å². The van der Waals surface area contributed by atoms with Crippen LogP contribution >= 0.6 is 0 Å². The van der Waals surface area contributed by atoms with E-state index in [4.69, 9.17) is 4.74 Å². The Kier molecular flexibility index (Phi) is 2.65. The van der Waals surface area contributed by atoms with Crippen molar-refractivity contribution < 1.29 is 4.74 Å². The first-order valence-electron chi connectivity index (χ1n) is 6.02. The van der Waals surface area contributed by atoms with Gasteiger partial charge in [0, 0.05) is 19.0 Å². The van der Waals surface area contributed by atoms with Gasteiger partial charge in [0.25, 0.3) is 0 Å². The van der Waals surface area contributed by atoms with E-state index in [0.29, 0.717) is 0 Å². The van der Waals surface area contributed by atoms with E-state index in [9.17, 15) is 0 Å². The summed E-state index contributed by atoms with van der Waals surface area (Å²) in [5.41, 5.74) is 2.18. The Hall–Kier alpha value is -1.67. The third-order valence-corrected chi connectivity index (χ3v) is 3.41. The Balaban J connectivity index is 2.11. The molecule has 1 aromatic heterocycles. The van der Waals surface area contributed by atoms with Crippen molar-refractivity contribution in [3.05, 3.63) is 66.0 Å². The van der Waals surface area contributed by atoms with Gasteiger partial charge >= 0.3 is 0 Å². The van der Waals surface area contributed by atoms with E-state index >= 15 is 0 Å². The summed E-state index contributed by atoms with van der Waals surface area (Å²) in [5.74, 6) is 0. The third-order valence-electron chi connectivity index (χ3n) is 3.41. The highest BCUT2D eigenvalue weighted by molar-refractivity contribution is 5.36. The van der Waals surface area contributed by atoms with Crippen molar-refractivity contribution in [3.63, 3.8) is 0 Å². The SMILES string of the molecule is c1ccc(C2(c3ccncc3)CCCO2)cc1. The van der Waals surface area contributed by atoms with Crippen molar-refractivity contribution in [2.75, 3.05) is 6.61 Å². The Labute approximate surface area is 101 Å². The standard InChI is InChI=1S/C15H15NO/c1-2-5-13(6-3-1)15(9-4-12-17-15)14-7-10-16-11-8-14/h1-3,5-8,10-11H,4,9,12H2. The van der Waals surface area contributed by atoms with Crippen LogP contribution in [0, 0.1) is 0 Å². The summed E-state index contributed by atoms with van der Waals surface area (Å²) in [4.78, 5) is 4.09. The molecule has 0 radical (unpaired) electrons. The molecule has 1 atom stereocenters. The molecule has 0 amide bonds. The van der Waals surface area contributed by atoms with Crippen LogP contribution in [-0.2, 0) is 10.3 Å². The van der Waals surface area contributed by atoms with Crippen LogP contribution in [0.1, 0.15) is 24.0 Å². The maximum atomic E-state index is 6.08. The van der Waals surface area contributed by atoms with E-state index in [2.05, 4.69) is 41.4 Å². The fourth-order valence-electron chi connectivity index (χ4n) is 2.59. The van der Waals surface area contributed by atoms with Gasteiger partial charge < -0.3 is 4.74 Å². The van der Waals surface area contributed by atoms with Crippen LogP contribution in [0.15, 0.2) is 54.9 Å². The first-order valence-corrected chi connectivity index (χ1v) is 6.02. The number of nitrogens with zero attached hydrogens (tertiary/aromatic N) is 1. The van der Waals surface area contributed by atoms with E-state index in [1.165, 1.54) is 11.1 Å². The topological polar surface area (TPSA) is 22.1 Å². The van der Waals surface area contributed by atoms with Crippen molar-refractivity contribution in [2.45, 2.75) is 18.4 Å². The zero-order chi connectivity index (χ0) is 11.6. The molecule has 0 N–H and O–H groups in total. The molecule has 0 spiro atoms.